The lowest BCUT2D eigenvalue weighted by molar-refractivity contribution is -0.118. The van der Waals surface area contributed by atoms with Crippen molar-refractivity contribution in [1.82, 2.24) is 4.90 Å². The molecule has 2 N–H and O–H groups in total. The Morgan fingerprint density at radius 1 is 1.40 bits per heavy atom. The second kappa shape index (κ2) is 6.37. The molecule has 2 rings (SSSR count). The van der Waals surface area contributed by atoms with E-state index in [0.29, 0.717) is 19.0 Å². The van der Waals surface area contributed by atoms with E-state index in [1.54, 1.807) is 0 Å². The Labute approximate surface area is 120 Å². The summed E-state index contributed by atoms with van der Waals surface area (Å²) in [5, 5.41) is 12.9. The number of β-amino-alcohol motifs (C(OH)–C–C–N with tert-alkyl or cyclic N) is 1. The monoisotopic (exact) mass is 276 g/mol. The first-order chi connectivity index (χ1) is 9.47. The number of amides is 1. The highest BCUT2D eigenvalue weighted by Crippen LogP contribution is 2.20. The summed E-state index contributed by atoms with van der Waals surface area (Å²) in [6.45, 7) is 7.85. The molecule has 0 radical (unpaired) electrons. The van der Waals surface area contributed by atoms with Crippen LogP contribution in [-0.2, 0) is 4.79 Å². The molecule has 0 spiro atoms. The highest BCUT2D eigenvalue weighted by Gasteiger charge is 2.25. The van der Waals surface area contributed by atoms with E-state index in [1.165, 1.54) is 0 Å². The fraction of sp³-hybridized carbons (Fsp3) is 0.562. The summed E-state index contributed by atoms with van der Waals surface area (Å²) in [7, 11) is 0. The Bertz CT molecular complexity index is 467. The summed E-state index contributed by atoms with van der Waals surface area (Å²) in [5.41, 5.74) is 3.06. The molecule has 0 bridgehead atoms. The van der Waals surface area contributed by atoms with Gasteiger partial charge in [-0.25, -0.2) is 0 Å². The summed E-state index contributed by atoms with van der Waals surface area (Å²) >= 11 is 0. The highest BCUT2D eigenvalue weighted by molar-refractivity contribution is 5.93. The second-order valence-corrected chi connectivity index (χ2v) is 5.88. The van der Waals surface area contributed by atoms with Crippen molar-refractivity contribution in [1.29, 1.82) is 0 Å². The molecule has 1 aromatic carbocycles. The van der Waals surface area contributed by atoms with Gasteiger partial charge in [0.1, 0.15) is 0 Å². The number of hydrogen-bond donors (Lipinski definition) is 2. The first-order valence-electron chi connectivity index (χ1n) is 7.24. The zero-order valence-electron chi connectivity index (χ0n) is 12.5. The summed E-state index contributed by atoms with van der Waals surface area (Å²) in [5.74, 6) is 0.317. The van der Waals surface area contributed by atoms with Crippen molar-refractivity contribution in [2.24, 2.45) is 5.92 Å². The van der Waals surface area contributed by atoms with E-state index in [-0.39, 0.29) is 12.0 Å². The van der Waals surface area contributed by atoms with Gasteiger partial charge in [0.25, 0.3) is 0 Å². The minimum Gasteiger partial charge on any atom is -0.392 e. The predicted octanol–water partition coefficient (Wildman–Crippen LogP) is 1.94. The highest BCUT2D eigenvalue weighted by atomic mass is 16.3. The number of aliphatic hydroxyl groups excluding tert-OH is 1. The standard InChI is InChI=1S/C16H24N2O2/c1-11-7-8-18(9-14(11)19)10-15(20)17-16-12(2)5-4-6-13(16)3/h4-6,11,14,19H,7-10H2,1-3H3,(H,17,20). The van der Waals surface area contributed by atoms with Crippen LogP contribution < -0.4 is 5.32 Å². The third-order valence-corrected chi connectivity index (χ3v) is 4.12. The molecule has 0 aromatic heterocycles. The molecule has 2 atom stereocenters. The SMILES string of the molecule is Cc1cccc(C)c1NC(=O)CN1CCC(C)C(O)C1. The van der Waals surface area contributed by atoms with E-state index in [0.717, 1.165) is 29.8 Å². The minimum absolute atomic E-state index is 0.0100. The van der Waals surface area contributed by atoms with Crippen molar-refractivity contribution in [3.05, 3.63) is 29.3 Å². The first kappa shape index (κ1) is 15.0. The van der Waals surface area contributed by atoms with E-state index in [4.69, 9.17) is 0 Å². The third kappa shape index (κ3) is 3.58. The molecule has 1 heterocycles. The fourth-order valence-corrected chi connectivity index (χ4v) is 2.65. The van der Waals surface area contributed by atoms with Gasteiger partial charge in [0.15, 0.2) is 0 Å². The lowest BCUT2D eigenvalue weighted by Crippen LogP contribution is -2.45. The number of aryl methyl sites for hydroxylation is 2. The molecule has 4 heteroatoms. The number of nitrogens with one attached hydrogen (secondary N) is 1. The topological polar surface area (TPSA) is 52.6 Å². The molecule has 1 saturated heterocycles. The van der Waals surface area contributed by atoms with Crippen LogP contribution in [0.1, 0.15) is 24.5 Å². The minimum atomic E-state index is -0.322. The molecule has 1 fully saturated rings. The number of likely N-dealkylation sites (tertiary alicyclic amines) is 1. The Morgan fingerprint density at radius 3 is 2.65 bits per heavy atom. The van der Waals surface area contributed by atoms with Crippen LogP contribution in [0.3, 0.4) is 0 Å². The molecular formula is C16H24N2O2. The van der Waals surface area contributed by atoms with Gasteiger partial charge in [0.2, 0.25) is 5.91 Å². The fourth-order valence-electron chi connectivity index (χ4n) is 2.65. The van der Waals surface area contributed by atoms with Crippen LogP contribution in [0, 0.1) is 19.8 Å². The van der Waals surface area contributed by atoms with E-state index in [1.807, 2.05) is 36.9 Å². The Hall–Kier alpha value is -1.39. The normalized spacial score (nSPS) is 23.6. The summed E-state index contributed by atoms with van der Waals surface area (Å²) < 4.78 is 0. The maximum absolute atomic E-state index is 12.1. The number of aliphatic hydroxyl groups is 1. The maximum atomic E-state index is 12.1. The number of nitrogens with zero attached hydrogens (tertiary/aromatic N) is 1. The molecule has 1 aliphatic rings. The largest absolute Gasteiger partial charge is 0.392 e. The average molecular weight is 276 g/mol. The van der Waals surface area contributed by atoms with Gasteiger partial charge < -0.3 is 10.4 Å². The van der Waals surface area contributed by atoms with Crippen LogP contribution in [0.5, 0.6) is 0 Å². The van der Waals surface area contributed by atoms with Gasteiger partial charge in [-0.2, -0.15) is 0 Å². The number of rotatable bonds is 3. The molecule has 20 heavy (non-hydrogen) atoms. The summed E-state index contributed by atoms with van der Waals surface area (Å²) in [6.07, 6.45) is 0.620. The molecule has 1 amide bonds. The van der Waals surface area contributed by atoms with E-state index in [2.05, 4.69) is 12.2 Å². The molecular weight excluding hydrogens is 252 g/mol. The smallest absolute Gasteiger partial charge is 0.238 e. The average Bonchev–Trinajstić information content (AvgIpc) is 2.38. The number of piperidine rings is 1. The molecule has 0 aliphatic carbocycles. The lowest BCUT2D eigenvalue weighted by Gasteiger charge is -2.33. The van der Waals surface area contributed by atoms with Crippen molar-refractivity contribution in [2.45, 2.75) is 33.3 Å². The van der Waals surface area contributed by atoms with Crippen LogP contribution >= 0.6 is 0 Å². The number of hydrogen-bond acceptors (Lipinski definition) is 3. The van der Waals surface area contributed by atoms with E-state index >= 15 is 0 Å². The van der Waals surface area contributed by atoms with E-state index in [9.17, 15) is 9.90 Å². The summed E-state index contributed by atoms with van der Waals surface area (Å²) in [6, 6.07) is 5.98. The first-order valence-corrected chi connectivity index (χ1v) is 7.24. The van der Waals surface area contributed by atoms with Crippen molar-refractivity contribution in [3.8, 4) is 0 Å². The van der Waals surface area contributed by atoms with E-state index < -0.39 is 0 Å². The zero-order chi connectivity index (χ0) is 14.7. The molecule has 0 saturated carbocycles. The third-order valence-electron chi connectivity index (χ3n) is 4.12. The van der Waals surface area contributed by atoms with Crippen LogP contribution in [0.15, 0.2) is 18.2 Å². The van der Waals surface area contributed by atoms with Crippen LogP contribution in [0.25, 0.3) is 0 Å². The van der Waals surface area contributed by atoms with Crippen molar-refractivity contribution >= 4 is 11.6 Å². The number of carbonyl (C=O) groups is 1. The number of benzene rings is 1. The Morgan fingerprint density at radius 2 is 2.05 bits per heavy atom. The maximum Gasteiger partial charge on any atom is 0.238 e. The van der Waals surface area contributed by atoms with Gasteiger partial charge in [-0.15, -0.1) is 0 Å². The molecule has 1 aliphatic heterocycles. The number of para-hydroxylation sites is 1. The van der Waals surface area contributed by atoms with Crippen molar-refractivity contribution < 1.29 is 9.90 Å². The van der Waals surface area contributed by atoms with Gasteiger partial charge in [0, 0.05) is 12.2 Å². The van der Waals surface area contributed by atoms with Crippen LogP contribution in [0.2, 0.25) is 0 Å². The molecule has 2 unspecified atom stereocenters. The van der Waals surface area contributed by atoms with Gasteiger partial charge in [-0.1, -0.05) is 25.1 Å². The predicted molar refractivity (Wildman–Crippen MR) is 80.8 cm³/mol. The van der Waals surface area contributed by atoms with Gasteiger partial charge >= 0.3 is 0 Å². The van der Waals surface area contributed by atoms with Crippen LogP contribution in [-0.4, -0.2) is 41.7 Å². The number of carbonyl (C=O) groups excluding carboxylic acids is 1. The number of anilines is 1. The quantitative estimate of drug-likeness (QED) is 0.887. The van der Waals surface area contributed by atoms with Crippen LogP contribution in [0.4, 0.5) is 5.69 Å². The molecule has 1 aromatic rings. The molecule has 4 nitrogen and oxygen atoms in total. The molecule has 110 valence electrons. The Balaban J connectivity index is 1.93. The second-order valence-electron chi connectivity index (χ2n) is 5.88. The van der Waals surface area contributed by atoms with Gasteiger partial charge in [-0.3, -0.25) is 9.69 Å². The van der Waals surface area contributed by atoms with Crippen molar-refractivity contribution in [3.63, 3.8) is 0 Å². The lowest BCUT2D eigenvalue weighted by atomic mass is 9.96. The summed E-state index contributed by atoms with van der Waals surface area (Å²) in [4.78, 5) is 14.2. The Kier molecular flexibility index (Phi) is 4.78. The zero-order valence-corrected chi connectivity index (χ0v) is 12.5. The van der Waals surface area contributed by atoms with Gasteiger partial charge in [0.05, 0.1) is 12.6 Å². The van der Waals surface area contributed by atoms with Crippen molar-refractivity contribution in [2.75, 3.05) is 25.0 Å². The van der Waals surface area contributed by atoms with Gasteiger partial charge in [-0.05, 0) is 43.9 Å².